The van der Waals surface area contributed by atoms with Crippen LogP contribution in [-0.2, 0) is 4.74 Å². The molecule has 0 aromatic heterocycles. The van der Waals surface area contributed by atoms with Crippen molar-refractivity contribution in [3.63, 3.8) is 0 Å². The molecule has 6 heteroatoms. The average Bonchev–Trinajstić information content (AvgIpc) is 3.01. The normalized spacial score (nSPS) is 35.0. The number of rotatable bonds is 5. The summed E-state index contributed by atoms with van der Waals surface area (Å²) < 4.78 is 17.8. The van der Waals surface area contributed by atoms with Gasteiger partial charge in [0.05, 0.1) is 11.1 Å². The van der Waals surface area contributed by atoms with Crippen LogP contribution in [0.4, 0.5) is 0 Å². The standard InChI is InChI=1S/C21H28ClNO4/c1-12-13(11-24)8-18(22)20-19(12)26-21(2,27-20)14-4-6-15(7-5-14)23-16-9-17(10-16)25-3/h8,11,14-17,23H,4-7,9-10H2,1-3H3/t14?,15?,16-,17+,21?. The number of aldehydes is 1. The number of ether oxygens (including phenoxy) is 3. The van der Waals surface area contributed by atoms with E-state index in [4.69, 9.17) is 25.8 Å². The van der Waals surface area contributed by atoms with Crippen LogP contribution in [0.1, 0.15) is 61.4 Å². The Morgan fingerprint density at radius 3 is 2.48 bits per heavy atom. The third-order valence-corrected chi connectivity index (χ3v) is 6.86. The summed E-state index contributed by atoms with van der Waals surface area (Å²) in [6.07, 6.45) is 7.79. The molecule has 27 heavy (non-hydrogen) atoms. The number of nitrogens with one attached hydrogen (secondary N) is 1. The lowest BCUT2D eigenvalue weighted by Gasteiger charge is -2.41. The molecule has 1 aromatic carbocycles. The van der Waals surface area contributed by atoms with Gasteiger partial charge in [-0.15, -0.1) is 0 Å². The van der Waals surface area contributed by atoms with Gasteiger partial charge in [0.1, 0.15) is 0 Å². The predicted molar refractivity (Wildman–Crippen MR) is 104 cm³/mol. The summed E-state index contributed by atoms with van der Waals surface area (Å²) in [7, 11) is 1.79. The minimum absolute atomic E-state index is 0.297. The number of halogens is 1. The van der Waals surface area contributed by atoms with Crippen molar-refractivity contribution in [2.75, 3.05) is 7.11 Å². The number of hydrogen-bond acceptors (Lipinski definition) is 5. The summed E-state index contributed by atoms with van der Waals surface area (Å²) in [4.78, 5) is 11.3. The van der Waals surface area contributed by atoms with Crippen molar-refractivity contribution >= 4 is 17.9 Å². The van der Waals surface area contributed by atoms with Crippen LogP contribution >= 0.6 is 11.6 Å². The van der Waals surface area contributed by atoms with E-state index in [-0.39, 0.29) is 0 Å². The van der Waals surface area contributed by atoms with Gasteiger partial charge in [0.25, 0.3) is 5.79 Å². The largest absolute Gasteiger partial charge is 0.448 e. The van der Waals surface area contributed by atoms with Crippen molar-refractivity contribution in [3.05, 3.63) is 22.2 Å². The maximum atomic E-state index is 11.3. The van der Waals surface area contributed by atoms with E-state index in [1.807, 2.05) is 13.8 Å². The topological polar surface area (TPSA) is 56.8 Å². The Hall–Kier alpha value is -1.30. The summed E-state index contributed by atoms with van der Waals surface area (Å²) >= 11 is 6.33. The minimum Gasteiger partial charge on any atom is -0.448 e. The molecule has 0 radical (unpaired) electrons. The molecule has 2 aliphatic carbocycles. The fourth-order valence-corrected chi connectivity index (χ4v) is 4.91. The SMILES string of the molecule is CO[C@H]1C[C@@H](NC2CCC(C3(C)Oc4c(Cl)cc(C=O)c(C)c4O3)CC2)C1. The summed E-state index contributed by atoms with van der Waals surface area (Å²) in [5, 5.41) is 4.21. The number of methoxy groups -OCH3 is 1. The second-order valence-electron chi connectivity index (χ2n) is 8.31. The van der Waals surface area contributed by atoms with E-state index < -0.39 is 5.79 Å². The second kappa shape index (κ2) is 7.26. The first kappa shape index (κ1) is 19.0. The molecule has 3 aliphatic rings. The molecule has 5 nitrogen and oxygen atoms in total. The molecule has 1 heterocycles. The quantitative estimate of drug-likeness (QED) is 0.757. The van der Waals surface area contributed by atoms with Crippen LogP contribution in [0, 0.1) is 12.8 Å². The molecular formula is C21H28ClNO4. The van der Waals surface area contributed by atoms with Gasteiger partial charge in [-0.1, -0.05) is 11.6 Å². The molecule has 1 unspecified atom stereocenters. The number of carbonyl (C=O) groups excluding carboxylic acids is 1. The molecule has 1 aliphatic heterocycles. The molecule has 1 aromatic rings. The van der Waals surface area contributed by atoms with E-state index in [1.165, 1.54) is 0 Å². The highest BCUT2D eigenvalue weighted by atomic mass is 35.5. The van der Waals surface area contributed by atoms with E-state index in [9.17, 15) is 4.79 Å². The van der Waals surface area contributed by atoms with Gasteiger partial charge in [-0.05, 0) is 51.5 Å². The summed E-state index contributed by atoms with van der Waals surface area (Å²) in [6, 6.07) is 2.81. The van der Waals surface area contributed by atoms with Crippen molar-refractivity contribution in [3.8, 4) is 11.5 Å². The zero-order chi connectivity index (χ0) is 19.2. The summed E-state index contributed by atoms with van der Waals surface area (Å²) in [5.41, 5.74) is 1.34. The Labute approximate surface area is 165 Å². The fraction of sp³-hybridized carbons (Fsp3) is 0.667. The zero-order valence-corrected chi connectivity index (χ0v) is 17.0. The average molecular weight is 394 g/mol. The molecule has 1 atom stereocenters. The third-order valence-electron chi connectivity index (χ3n) is 6.58. The number of fused-ring (bicyclic) bond motifs is 1. The first-order valence-electron chi connectivity index (χ1n) is 9.88. The molecule has 4 rings (SSSR count). The van der Waals surface area contributed by atoms with E-state index in [1.54, 1.807) is 13.2 Å². The van der Waals surface area contributed by atoms with Gasteiger partial charge in [-0.2, -0.15) is 0 Å². The maximum absolute atomic E-state index is 11.3. The van der Waals surface area contributed by atoms with E-state index in [0.29, 0.717) is 46.2 Å². The van der Waals surface area contributed by atoms with Crippen molar-refractivity contribution in [1.29, 1.82) is 0 Å². The Morgan fingerprint density at radius 2 is 1.85 bits per heavy atom. The van der Waals surface area contributed by atoms with Crippen molar-refractivity contribution in [1.82, 2.24) is 5.32 Å². The Bertz CT molecular complexity index is 725. The molecule has 2 saturated carbocycles. The number of carbonyl (C=O) groups is 1. The molecule has 1 N–H and O–H groups in total. The van der Waals surface area contributed by atoms with Crippen LogP contribution < -0.4 is 14.8 Å². The molecule has 0 saturated heterocycles. The highest BCUT2D eigenvalue weighted by Gasteiger charge is 2.47. The van der Waals surface area contributed by atoms with Gasteiger partial charge in [0.15, 0.2) is 17.8 Å². The van der Waals surface area contributed by atoms with Crippen LogP contribution in [0.5, 0.6) is 11.5 Å². The fourth-order valence-electron chi connectivity index (χ4n) is 4.67. The molecular weight excluding hydrogens is 366 g/mol. The summed E-state index contributed by atoms with van der Waals surface area (Å²) in [6.45, 7) is 3.87. The summed E-state index contributed by atoms with van der Waals surface area (Å²) in [5.74, 6) is 0.766. The Morgan fingerprint density at radius 1 is 1.19 bits per heavy atom. The van der Waals surface area contributed by atoms with Crippen LogP contribution in [0.25, 0.3) is 0 Å². The van der Waals surface area contributed by atoms with Crippen LogP contribution in [0.15, 0.2) is 6.07 Å². The highest BCUT2D eigenvalue weighted by Crippen LogP contribution is 2.51. The van der Waals surface area contributed by atoms with Crippen molar-refractivity contribution in [2.24, 2.45) is 5.92 Å². The van der Waals surface area contributed by atoms with Gasteiger partial charge in [-0.25, -0.2) is 0 Å². The van der Waals surface area contributed by atoms with Crippen LogP contribution in [0.3, 0.4) is 0 Å². The number of hydrogen-bond donors (Lipinski definition) is 1. The smallest absolute Gasteiger partial charge is 0.251 e. The van der Waals surface area contributed by atoms with Gasteiger partial charge in [0, 0.05) is 43.2 Å². The monoisotopic (exact) mass is 393 g/mol. The Balaban J connectivity index is 1.38. The highest BCUT2D eigenvalue weighted by molar-refractivity contribution is 6.32. The minimum atomic E-state index is -0.721. The van der Waals surface area contributed by atoms with E-state index in [2.05, 4.69) is 5.32 Å². The van der Waals surface area contributed by atoms with Crippen LogP contribution in [-0.4, -0.2) is 37.4 Å². The van der Waals surface area contributed by atoms with Gasteiger partial charge in [0.2, 0.25) is 0 Å². The maximum Gasteiger partial charge on any atom is 0.251 e. The predicted octanol–water partition coefficient (Wildman–Crippen LogP) is 4.27. The molecule has 0 amide bonds. The third kappa shape index (κ3) is 3.45. The lowest BCUT2D eigenvalue weighted by Crippen LogP contribution is -2.52. The molecule has 2 fully saturated rings. The lowest BCUT2D eigenvalue weighted by molar-refractivity contribution is -0.122. The molecule has 148 valence electrons. The van der Waals surface area contributed by atoms with E-state index >= 15 is 0 Å². The molecule has 0 bridgehead atoms. The van der Waals surface area contributed by atoms with E-state index in [0.717, 1.165) is 50.4 Å². The van der Waals surface area contributed by atoms with Crippen molar-refractivity contribution < 1.29 is 19.0 Å². The van der Waals surface area contributed by atoms with Gasteiger partial charge in [-0.3, -0.25) is 4.79 Å². The van der Waals surface area contributed by atoms with Crippen molar-refractivity contribution in [2.45, 2.75) is 76.3 Å². The van der Waals surface area contributed by atoms with Crippen LogP contribution in [0.2, 0.25) is 5.02 Å². The lowest BCUT2D eigenvalue weighted by atomic mass is 9.80. The second-order valence-corrected chi connectivity index (χ2v) is 8.72. The van der Waals surface area contributed by atoms with Gasteiger partial charge < -0.3 is 19.5 Å². The number of benzene rings is 1. The first-order valence-corrected chi connectivity index (χ1v) is 10.3. The Kier molecular flexibility index (Phi) is 5.12. The zero-order valence-electron chi connectivity index (χ0n) is 16.2. The first-order chi connectivity index (χ1) is 12.9. The van der Waals surface area contributed by atoms with Gasteiger partial charge >= 0.3 is 0 Å². The molecule has 0 spiro atoms.